The van der Waals surface area contributed by atoms with E-state index >= 15 is 0 Å². The summed E-state index contributed by atoms with van der Waals surface area (Å²) >= 11 is 1.12. The first-order chi connectivity index (χ1) is 16.2. The normalized spacial score (nSPS) is 11.2. The lowest BCUT2D eigenvalue weighted by Gasteiger charge is -2.11. The van der Waals surface area contributed by atoms with Crippen molar-refractivity contribution in [1.82, 2.24) is 18.7 Å². The average Bonchev–Trinajstić information content (AvgIpc) is 3.17. The molecule has 0 unspecified atom stereocenters. The van der Waals surface area contributed by atoms with Gasteiger partial charge in [-0.25, -0.2) is 14.2 Å². The van der Waals surface area contributed by atoms with Crippen molar-refractivity contribution < 1.29 is 9.18 Å². The van der Waals surface area contributed by atoms with Crippen molar-refractivity contribution in [1.29, 1.82) is 0 Å². The smallest absolute Gasteiger partial charge is 0.325 e. The molecule has 2 aromatic heterocycles. The second-order valence-electron chi connectivity index (χ2n) is 8.03. The molecule has 1 N–H and O–H groups in total. The molecular weight excluding hydrogens is 457 g/mol. The van der Waals surface area contributed by atoms with Gasteiger partial charge in [-0.1, -0.05) is 42.1 Å². The fourth-order valence-corrected chi connectivity index (χ4v) is 4.48. The number of imidazole rings is 1. The predicted molar refractivity (Wildman–Crippen MR) is 131 cm³/mol. The molecule has 0 spiro atoms. The number of aromatic nitrogens is 4. The molecule has 0 aliphatic rings. The molecule has 176 valence electrons. The van der Waals surface area contributed by atoms with Crippen LogP contribution in [-0.4, -0.2) is 30.3 Å². The molecule has 0 fully saturated rings. The maximum absolute atomic E-state index is 14.4. The van der Waals surface area contributed by atoms with Crippen LogP contribution in [0.1, 0.15) is 16.7 Å². The number of nitrogens with one attached hydrogen (secondary N) is 1. The van der Waals surface area contributed by atoms with Crippen LogP contribution in [0.3, 0.4) is 0 Å². The minimum absolute atomic E-state index is 0.0161. The Morgan fingerprint density at radius 1 is 1.06 bits per heavy atom. The van der Waals surface area contributed by atoms with Crippen molar-refractivity contribution in [2.45, 2.75) is 25.5 Å². The summed E-state index contributed by atoms with van der Waals surface area (Å²) in [6.45, 7) is 3.93. The molecule has 0 radical (unpaired) electrons. The molecule has 0 aliphatic carbocycles. The average molecular weight is 482 g/mol. The lowest BCUT2D eigenvalue weighted by atomic mass is 10.1. The van der Waals surface area contributed by atoms with Gasteiger partial charge in [-0.3, -0.25) is 18.7 Å². The largest absolute Gasteiger partial charge is 0.332 e. The Morgan fingerprint density at radius 3 is 2.53 bits per heavy atom. The Morgan fingerprint density at radius 2 is 1.79 bits per heavy atom. The molecule has 34 heavy (non-hydrogen) atoms. The number of carbonyl (C=O) groups is 1. The molecule has 8 nitrogen and oxygen atoms in total. The standard InChI is InChI=1S/C24H24FN5O3S/c1-14-8-7-11-18(15(14)2)26-19(31)13-34-23-27-21-20(22(32)29(4)24(33)28(21)3)30(23)12-16-9-5-6-10-17(16)25/h5-11H,12-13H2,1-4H3,(H,26,31). The fraction of sp³-hybridized carbons (Fsp3) is 0.250. The molecule has 10 heteroatoms. The minimum atomic E-state index is -0.534. The second kappa shape index (κ2) is 9.30. The summed E-state index contributed by atoms with van der Waals surface area (Å²) in [5, 5.41) is 3.24. The number of rotatable bonds is 6. The lowest BCUT2D eigenvalue weighted by Crippen LogP contribution is -2.37. The van der Waals surface area contributed by atoms with E-state index in [0.29, 0.717) is 10.7 Å². The van der Waals surface area contributed by atoms with Gasteiger partial charge in [0, 0.05) is 25.3 Å². The van der Waals surface area contributed by atoms with Crippen molar-refractivity contribution in [2.75, 3.05) is 11.1 Å². The number of carbonyl (C=O) groups excluding carboxylic acids is 1. The van der Waals surface area contributed by atoms with Crippen molar-refractivity contribution in [3.8, 4) is 0 Å². The van der Waals surface area contributed by atoms with Crippen molar-refractivity contribution in [3.63, 3.8) is 0 Å². The van der Waals surface area contributed by atoms with Gasteiger partial charge in [0.1, 0.15) is 5.82 Å². The van der Waals surface area contributed by atoms with Gasteiger partial charge in [0.15, 0.2) is 16.3 Å². The molecule has 0 saturated heterocycles. The van der Waals surface area contributed by atoms with E-state index in [-0.39, 0.29) is 29.4 Å². The Bertz CT molecular complexity index is 1540. The van der Waals surface area contributed by atoms with E-state index in [1.54, 1.807) is 22.8 Å². The second-order valence-corrected chi connectivity index (χ2v) is 8.98. The number of thioether (sulfide) groups is 1. The van der Waals surface area contributed by atoms with Gasteiger partial charge < -0.3 is 9.88 Å². The minimum Gasteiger partial charge on any atom is -0.325 e. The van der Waals surface area contributed by atoms with Crippen molar-refractivity contribution >= 4 is 34.5 Å². The first kappa shape index (κ1) is 23.5. The predicted octanol–water partition coefficient (Wildman–Crippen LogP) is 2.97. The maximum atomic E-state index is 14.4. The summed E-state index contributed by atoms with van der Waals surface area (Å²) in [7, 11) is 2.90. The molecule has 0 saturated carbocycles. The van der Waals surface area contributed by atoms with Crippen LogP contribution in [-0.2, 0) is 25.4 Å². The number of hydrogen-bond acceptors (Lipinski definition) is 5. The SMILES string of the molecule is Cc1cccc(NC(=O)CSc2nc3c(c(=O)n(C)c(=O)n3C)n2Cc2ccccc2F)c1C. The Balaban J connectivity index is 1.72. The molecular formula is C24H24FN5O3S. The highest BCUT2D eigenvalue weighted by atomic mass is 32.2. The maximum Gasteiger partial charge on any atom is 0.332 e. The van der Waals surface area contributed by atoms with Crippen molar-refractivity contribution in [3.05, 3.63) is 85.8 Å². The van der Waals surface area contributed by atoms with Crippen LogP contribution in [0.15, 0.2) is 57.2 Å². The molecule has 2 heterocycles. The Hall–Kier alpha value is -3.66. The highest BCUT2D eigenvalue weighted by Gasteiger charge is 2.21. The number of aryl methyl sites for hydroxylation is 2. The highest BCUT2D eigenvalue weighted by molar-refractivity contribution is 7.99. The topological polar surface area (TPSA) is 90.9 Å². The van der Waals surface area contributed by atoms with Gasteiger partial charge in [0.2, 0.25) is 5.91 Å². The first-order valence-electron chi connectivity index (χ1n) is 10.6. The lowest BCUT2D eigenvalue weighted by molar-refractivity contribution is -0.113. The summed E-state index contributed by atoms with van der Waals surface area (Å²) in [6, 6.07) is 11.9. The summed E-state index contributed by atoms with van der Waals surface area (Å²) < 4.78 is 18.2. The summed E-state index contributed by atoms with van der Waals surface area (Å²) in [6.07, 6.45) is 0. The zero-order valence-corrected chi connectivity index (χ0v) is 20.1. The van der Waals surface area contributed by atoms with E-state index in [4.69, 9.17) is 0 Å². The number of anilines is 1. The Kier molecular flexibility index (Phi) is 6.43. The molecule has 1 amide bonds. The highest BCUT2D eigenvalue weighted by Crippen LogP contribution is 2.25. The molecule has 4 rings (SSSR count). The van der Waals surface area contributed by atoms with Gasteiger partial charge >= 0.3 is 5.69 Å². The molecule has 0 atom stereocenters. The summed E-state index contributed by atoms with van der Waals surface area (Å²) in [5.41, 5.74) is 2.43. The van der Waals surface area contributed by atoms with Crippen LogP contribution < -0.4 is 16.6 Å². The van der Waals surface area contributed by atoms with Crippen LogP contribution in [0.5, 0.6) is 0 Å². The monoisotopic (exact) mass is 481 g/mol. The van der Waals surface area contributed by atoms with Crippen LogP contribution in [0.2, 0.25) is 0 Å². The summed E-state index contributed by atoms with van der Waals surface area (Å²) in [4.78, 5) is 42.5. The van der Waals surface area contributed by atoms with Gasteiger partial charge in [0.25, 0.3) is 5.56 Å². The van der Waals surface area contributed by atoms with E-state index in [9.17, 15) is 18.8 Å². The quantitative estimate of drug-likeness (QED) is 0.428. The van der Waals surface area contributed by atoms with E-state index in [0.717, 1.165) is 33.1 Å². The van der Waals surface area contributed by atoms with E-state index in [1.165, 1.54) is 24.7 Å². The first-order valence-corrected chi connectivity index (χ1v) is 11.6. The van der Waals surface area contributed by atoms with Crippen LogP contribution in [0.4, 0.5) is 10.1 Å². The number of amides is 1. The third-order valence-corrected chi connectivity index (χ3v) is 6.79. The Labute approximate surface area is 199 Å². The molecule has 0 aliphatic heterocycles. The van der Waals surface area contributed by atoms with Gasteiger partial charge in [0.05, 0.1) is 12.3 Å². The zero-order chi connectivity index (χ0) is 24.6. The molecule has 0 bridgehead atoms. The number of benzene rings is 2. The molecule has 2 aromatic carbocycles. The fourth-order valence-electron chi connectivity index (χ4n) is 3.68. The van der Waals surface area contributed by atoms with Gasteiger partial charge in [-0.2, -0.15) is 0 Å². The molecule has 4 aromatic rings. The third-order valence-electron chi connectivity index (χ3n) is 5.81. The number of halogens is 1. The van der Waals surface area contributed by atoms with Crippen LogP contribution in [0, 0.1) is 19.7 Å². The number of fused-ring (bicyclic) bond motifs is 1. The van der Waals surface area contributed by atoms with Gasteiger partial charge in [-0.15, -0.1) is 0 Å². The van der Waals surface area contributed by atoms with E-state index in [1.807, 2.05) is 32.0 Å². The van der Waals surface area contributed by atoms with Gasteiger partial charge in [-0.05, 0) is 37.1 Å². The van der Waals surface area contributed by atoms with E-state index < -0.39 is 17.1 Å². The summed E-state index contributed by atoms with van der Waals surface area (Å²) in [5.74, 6) is -0.651. The number of hydrogen-bond donors (Lipinski definition) is 1. The van der Waals surface area contributed by atoms with Crippen LogP contribution in [0.25, 0.3) is 11.2 Å². The third kappa shape index (κ3) is 4.28. The zero-order valence-electron chi connectivity index (χ0n) is 19.3. The van der Waals surface area contributed by atoms with E-state index in [2.05, 4.69) is 10.3 Å². The van der Waals surface area contributed by atoms with Crippen LogP contribution >= 0.6 is 11.8 Å². The van der Waals surface area contributed by atoms with Crippen molar-refractivity contribution in [2.24, 2.45) is 14.1 Å². The number of nitrogens with zero attached hydrogens (tertiary/aromatic N) is 4.